The van der Waals surface area contributed by atoms with Crippen molar-refractivity contribution in [3.05, 3.63) is 72.6 Å². The quantitative estimate of drug-likeness (QED) is 0.546. The highest BCUT2D eigenvalue weighted by atomic mass is 16.3. The minimum Gasteiger partial charge on any atom is -0.494 e. The van der Waals surface area contributed by atoms with Crippen LogP contribution < -0.4 is 5.32 Å². The Balaban J connectivity index is 3.11. The van der Waals surface area contributed by atoms with Crippen LogP contribution in [0, 0.1) is 69.2 Å². The highest BCUT2D eigenvalue weighted by Gasteiger charge is 2.25. The van der Waals surface area contributed by atoms with Crippen molar-refractivity contribution in [3.63, 3.8) is 0 Å². The van der Waals surface area contributed by atoms with Crippen LogP contribution in [0.3, 0.4) is 0 Å². The lowest BCUT2D eigenvalue weighted by Crippen LogP contribution is -2.24. The van der Waals surface area contributed by atoms with Crippen LogP contribution in [0.4, 0.5) is 0 Å². The maximum Gasteiger partial charge on any atom is 0.193 e. The Morgan fingerprint density at radius 1 is 0.517 bits per heavy atom. The molecule has 0 saturated carbocycles. The van der Waals surface area contributed by atoms with Gasteiger partial charge < -0.3 is 10.4 Å². The molecule has 2 rings (SSSR count). The first kappa shape index (κ1) is 23.1. The SMILES string of the molecule is Cc1c(C)c(C)c(C(=C(O)NC(C)C)c2c(C)c(C)c(C)c(C)c2C)c(C)c1C. The van der Waals surface area contributed by atoms with E-state index in [0.717, 1.165) is 16.7 Å². The Morgan fingerprint density at radius 3 is 1.00 bits per heavy atom. The van der Waals surface area contributed by atoms with E-state index in [4.69, 9.17) is 0 Å². The van der Waals surface area contributed by atoms with E-state index in [1.165, 1.54) is 55.6 Å². The molecule has 0 aliphatic carbocycles. The molecule has 0 radical (unpaired) electrons. The van der Waals surface area contributed by atoms with Gasteiger partial charge in [0, 0.05) is 11.6 Å². The zero-order valence-corrected chi connectivity index (χ0v) is 20.5. The summed E-state index contributed by atoms with van der Waals surface area (Å²) in [6, 6.07) is 0.145. The number of rotatable bonds is 4. The Kier molecular flexibility index (Phi) is 6.57. The van der Waals surface area contributed by atoms with Gasteiger partial charge in [0.1, 0.15) is 0 Å². The summed E-state index contributed by atoms with van der Waals surface area (Å²) in [5.41, 5.74) is 16.1. The number of benzene rings is 2. The first-order valence-corrected chi connectivity index (χ1v) is 10.7. The van der Waals surface area contributed by atoms with Crippen LogP contribution >= 0.6 is 0 Å². The summed E-state index contributed by atoms with van der Waals surface area (Å²) in [6.07, 6.45) is 0. The number of aliphatic hydroxyl groups excluding tert-OH is 1. The first-order valence-electron chi connectivity index (χ1n) is 10.7. The van der Waals surface area contributed by atoms with Crippen molar-refractivity contribution >= 4 is 5.57 Å². The maximum atomic E-state index is 11.4. The second-order valence-corrected chi connectivity index (χ2v) is 9.02. The zero-order valence-electron chi connectivity index (χ0n) is 20.5. The molecule has 0 aliphatic heterocycles. The molecule has 2 aromatic rings. The molecule has 2 nitrogen and oxygen atoms in total. The Bertz CT molecular complexity index is 877. The fourth-order valence-corrected chi connectivity index (χ4v) is 4.46. The topological polar surface area (TPSA) is 32.3 Å². The number of hydrogen-bond acceptors (Lipinski definition) is 2. The van der Waals surface area contributed by atoms with Crippen LogP contribution in [0.15, 0.2) is 5.88 Å². The summed E-state index contributed by atoms with van der Waals surface area (Å²) in [5, 5.41) is 14.6. The van der Waals surface area contributed by atoms with E-state index in [1.807, 2.05) is 0 Å². The minimum atomic E-state index is 0.145. The van der Waals surface area contributed by atoms with E-state index in [1.54, 1.807) is 0 Å². The van der Waals surface area contributed by atoms with Crippen molar-refractivity contribution in [1.29, 1.82) is 0 Å². The van der Waals surface area contributed by atoms with Gasteiger partial charge in [-0.3, -0.25) is 0 Å². The van der Waals surface area contributed by atoms with Crippen LogP contribution in [-0.2, 0) is 0 Å². The molecular formula is C27H39NO. The zero-order chi connectivity index (χ0) is 22.4. The van der Waals surface area contributed by atoms with Gasteiger partial charge in [-0.05, 0) is 150 Å². The van der Waals surface area contributed by atoms with Gasteiger partial charge in [0.05, 0.1) is 0 Å². The number of hydrogen-bond donors (Lipinski definition) is 2. The van der Waals surface area contributed by atoms with E-state index in [9.17, 15) is 5.11 Å². The lowest BCUT2D eigenvalue weighted by Gasteiger charge is -2.27. The van der Waals surface area contributed by atoms with Gasteiger partial charge in [0.2, 0.25) is 0 Å². The summed E-state index contributed by atoms with van der Waals surface area (Å²) in [5.74, 6) is 0.266. The summed E-state index contributed by atoms with van der Waals surface area (Å²) >= 11 is 0. The monoisotopic (exact) mass is 393 g/mol. The second-order valence-electron chi connectivity index (χ2n) is 9.02. The van der Waals surface area contributed by atoms with Gasteiger partial charge in [-0.1, -0.05) is 0 Å². The van der Waals surface area contributed by atoms with E-state index in [0.29, 0.717) is 0 Å². The van der Waals surface area contributed by atoms with Crippen molar-refractivity contribution in [2.75, 3.05) is 0 Å². The maximum absolute atomic E-state index is 11.4. The molecule has 0 aromatic heterocycles. The molecule has 29 heavy (non-hydrogen) atoms. The lowest BCUT2D eigenvalue weighted by molar-refractivity contribution is 0.353. The fraction of sp³-hybridized carbons (Fsp3) is 0.481. The standard InChI is InChI=1S/C27H39NO/c1-13(2)28-27(29)26(24-20(9)16(5)14(3)17(6)21(24)10)25-22(11)18(7)15(4)19(8)23(25)12/h13,28-29H,1-12H3. The average molecular weight is 394 g/mol. The molecule has 0 fully saturated rings. The summed E-state index contributed by atoms with van der Waals surface area (Å²) in [6.45, 7) is 26.0. The highest BCUT2D eigenvalue weighted by Crippen LogP contribution is 2.40. The largest absolute Gasteiger partial charge is 0.494 e. The number of aliphatic hydroxyl groups is 1. The molecule has 2 N–H and O–H groups in total. The lowest BCUT2D eigenvalue weighted by atomic mass is 9.79. The van der Waals surface area contributed by atoms with E-state index < -0.39 is 0 Å². The Labute approximate surface area is 178 Å². The smallest absolute Gasteiger partial charge is 0.193 e. The molecule has 0 bridgehead atoms. The summed E-state index contributed by atoms with van der Waals surface area (Å²) < 4.78 is 0. The highest BCUT2D eigenvalue weighted by molar-refractivity contribution is 5.89. The summed E-state index contributed by atoms with van der Waals surface area (Å²) in [4.78, 5) is 0. The molecule has 2 heteroatoms. The molecule has 2 aromatic carbocycles. The molecule has 0 unspecified atom stereocenters. The molecule has 0 amide bonds. The first-order chi connectivity index (χ1) is 13.3. The predicted molar refractivity (Wildman–Crippen MR) is 127 cm³/mol. The normalized spacial score (nSPS) is 11.2. The Hall–Kier alpha value is -2.22. The molecule has 0 spiro atoms. The van der Waals surface area contributed by atoms with Crippen LogP contribution in [0.5, 0.6) is 0 Å². The molecular weight excluding hydrogens is 354 g/mol. The van der Waals surface area contributed by atoms with Crippen LogP contribution in [0.1, 0.15) is 80.6 Å². The van der Waals surface area contributed by atoms with Crippen molar-refractivity contribution < 1.29 is 5.11 Å². The molecule has 0 atom stereocenters. The average Bonchev–Trinajstić information content (AvgIpc) is 2.66. The van der Waals surface area contributed by atoms with Crippen molar-refractivity contribution in [1.82, 2.24) is 5.32 Å². The van der Waals surface area contributed by atoms with Gasteiger partial charge in [-0.2, -0.15) is 0 Å². The van der Waals surface area contributed by atoms with Crippen LogP contribution in [0.25, 0.3) is 5.57 Å². The van der Waals surface area contributed by atoms with Gasteiger partial charge in [0.25, 0.3) is 0 Å². The third-order valence-corrected chi connectivity index (χ3v) is 7.16. The van der Waals surface area contributed by atoms with Crippen LogP contribution in [-0.4, -0.2) is 11.1 Å². The van der Waals surface area contributed by atoms with Gasteiger partial charge in [-0.25, -0.2) is 0 Å². The fourth-order valence-electron chi connectivity index (χ4n) is 4.46. The van der Waals surface area contributed by atoms with Gasteiger partial charge >= 0.3 is 0 Å². The van der Waals surface area contributed by atoms with Crippen molar-refractivity contribution in [2.45, 2.75) is 89.1 Å². The summed E-state index contributed by atoms with van der Waals surface area (Å²) in [7, 11) is 0. The molecule has 158 valence electrons. The third kappa shape index (κ3) is 3.82. The van der Waals surface area contributed by atoms with E-state index in [2.05, 4.69) is 88.4 Å². The third-order valence-electron chi connectivity index (χ3n) is 7.16. The number of nitrogens with one attached hydrogen (secondary N) is 1. The van der Waals surface area contributed by atoms with Crippen molar-refractivity contribution in [2.24, 2.45) is 0 Å². The molecule has 0 aliphatic rings. The second kappa shape index (κ2) is 8.26. The minimum absolute atomic E-state index is 0.145. The predicted octanol–water partition coefficient (Wildman–Crippen LogP) is 7.04. The molecule has 0 heterocycles. The molecule has 0 saturated heterocycles. The van der Waals surface area contributed by atoms with E-state index >= 15 is 0 Å². The van der Waals surface area contributed by atoms with Crippen molar-refractivity contribution in [3.8, 4) is 0 Å². The van der Waals surface area contributed by atoms with Gasteiger partial charge in [-0.15, -0.1) is 0 Å². The van der Waals surface area contributed by atoms with Gasteiger partial charge in [0.15, 0.2) is 5.88 Å². The van der Waals surface area contributed by atoms with Crippen LogP contribution in [0.2, 0.25) is 0 Å². The Morgan fingerprint density at radius 2 is 0.759 bits per heavy atom. The van der Waals surface area contributed by atoms with E-state index in [-0.39, 0.29) is 11.9 Å².